The Bertz CT molecular complexity index is 501. The highest BCUT2D eigenvalue weighted by atomic mass is 16.7. The molecule has 4 heteroatoms. The predicted molar refractivity (Wildman–Crippen MR) is 72.6 cm³/mol. The number of rotatable bonds is 1. The minimum atomic E-state index is -0.427. The van der Waals surface area contributed by atoms with E-state index in [1.807, 2.05) is 34.6 Å². The van der Waals surface area contributed by atoms with E-state index in [9.17, 15) is 0 Å². The summed E-state index contributed by atoms with van der Waals surface area (Å²) in [7, 11) is -0.427. The number of pyridine rings is 1. The van der Waals surface area contributed by atoms with E-state index in [1.54, 1.807) is 12.4 Å². The van der Waals surface area contributed by atoms with Crippen molar-refractivity contribution in [1.82, 2.24) is 4.98 Å². The largest absolute Gasteiger partial charge is 0.496 e. The van der Waals surface area contributed by atoms with Gasteiger partial charge in [0.05, 0.1) is 11.2 Å². The second-order valence-corrected chi connectivity index (χ2v) is 5.65. The first-order chi connectivity index (χ1) is 8.28. The first-order valence-corrected chi connectivity index (χ1v) is 6.05. The van der Waals surface area contributed by atoms with E-state index in [2.05, 4.69) is 10.9 Å². The van der Waals surface area contributed by atoms with Gasteiger partial charge in [-0.15, -0.1) is 6.42 Å². The summed E-state index contributed by atoms with van der Waals surface area (Å²) in [5, 5.41) is 0. The summed E-state index contributed by atoms with van der Waals surface area (Å²) < 4.78 is 12.1. The Balaban J connectivity index is 2.45. The molecule has 0 unspecified atom stereocenters. The van der Waals surface area contributed by atoms with Crippen LogP contribution in [0.4, 0.5) is 0 Å². The van der Waals surface area contributed by atoms with Crippen LogP contribution in [0.5, 0.6) is 0 Å². The standard InChI is InChI=1S/C14H18BNO2/c1-7-11-9-16-8-10(2)12(11)15-17-13(3,4)14(5,6)18-15/h1,8-9H,2-6H3. The van der Waals surface area contributed by atoms with Crippen LogP contribution < -0.4 is 5.46 Å². The van der Waals surface area contributed by atoms with Gasteiger partial charge in [-0.1, -0.05) is 5.92 Å². The average molecular weight is 243 g/mol. The number of hydrogen-bond donors (Lipinski definition) is 0. The Hall–Kier alpha value is -1.31. The van der Waals surface area contributed by atoms with Gasteiger partial charge in [0.2, 0.25) is 0 Å². The van der Waals surface area contributed by atoms with E-state index in [0.29, 0.717) is 0 Å². The maximum absolute atomic E-state index is 6.03. The molecule has 1 fully saturated rings. The van der Waals surface area contributed by atoms with Crippen LogP contribution >= 0.6 is 0 Å². The fraction of sp³-hybridized carbons (Fsp3) is 0.500. The van der Waals surface area contributed by atoms with Crippen LogP contribution in [0.15, 0.2) is 12.4 Å². The monoisotopic (exact) mass is 243 g/mol. The normalized spacial score (nSPS) is 20.8. The van der Waals surface area contributed by atoms with Crippen LogP contribution in [-0.4, -0.2) is 23.3 Å². The van der Waals surface area contributed by atoms with Crippen molar-refractivity contribution in [2.24, 2.45) is 0 Å². The zero-order valence-corrected chi connectivity index (χ0v) is 11.6. The van der Waals surface area contributed by atoms with E-state index < -0.39 is 7.12 Å². The average Bonchev–Trinajstić information content (AvgIpc) is 2.47. The lowest BCUT2D eigenvalue weighted by Gasteiger charge is -2.32. The lowest BCUT2D eigenvalue weighted by atomic mass is 9.74. The molecule has 1 saturated heterocycles. The number of aromatic nitrogens is 1. The second-order valence-electron chi connectivity index (χ2n) is 5.65. The zero-order valence-electron chi connectivity index (χ0n) is 11.6. The molecule has 1 aliphatic rings. The Morgan fingerprint density at radius 1 is 1.17 bits per heavy atom. The van der Waals surface area contributed by atoms with Gasteiger partial charge in [0.15, 0.2) is 0 Å². The van der Waals surface area contributed by atoms with Gasteiger partial charge < -0.3 is 9.31 Å². The molecule has 0 spiro atoms. The molecular formula is C14H18BNO2. The van der Waals surface area contributed by atoms with Crippen LogP contribution in [0, 0.1) is 19.3 Å². The summed E-state index contributed by atoms with van der Waals surface area (Å²) in [6, 6.07) is 0. The lowest BCUT2D eigenvalue weighted by Crippen LogP contribution is -2.41. The summed E-state index contributed by atoms with van der Waals surface area (Å²) in [4.78, 5) is 4.11. The van der Waals surface area contributed by atoms with Gasteiger partial charge in [-0.2, -0.15) is 0 Å². The molecule has 0 saturated carbocycles. The Labute approximate surface area is 109 Å². The molecular weight excluding hydrogens is 225 g/mol. The molecule has 0 amide bonds. The Kier molecular flexibility index (Phi) is 3.00. The third kappa shape index (κ3) is 1.94. The SMILES string of the molecule is C#Cc1cncc(C)c1B1OC(C)(C)C(C)(C)O1. The number of terminal acetylenes is 1. The molecule has 1 aromatic rings. The molecule has 0 radical (unpaired) electrons. The van der Waals surface area contributed by atoms with Crippen LogP contribution in [0.1, 0.15) is 38.8 Å². The van der Waals surface area contributed by atoms with E-state index in [1.165, 1.54) is 0 Å². The van der Waals surface area contributed by atoms with Gasteiger partial charge in [0.25, 0.3) is 0 Å². The fourth-order valence-electron chi connectivity index (χ4n) is 1.96. The van der Waals surface area contributed by atoms with Crippen molar-refractivity contribution in [3.63, 3.8) is 0 Å². The minimum absolute atomic E-state index is 0.362. The molecule has 1 aliphatic heterocycles. The van der Waals surface area contributed by atoms with Crippen LogP contribution in [0.2, 0.25) is 0 Å². The molecule has 2 rings (SSSR count). The van der Waals surface area contributed by atoms with Gasteiger partial charge in [0, 0.05) is 23.4 Å². The molecule has 2 heterocycles. The molecule has 94 valence electrons. The smallest absolute Gasteiger partial charge is 0.399 e. The van der Waals surface area contributed by atoms with Gasteiger partial charge in [-0.05, 0) is 40.2 Å². The third-order valence-electron chi connectivity index (χ3n) is 3.83. The second kappa shape index (κ2) is 4.12. The van der Waals surface area contributed by atoms with Crippen LogP contribution in [0.25, 0.3) is 0 Å². The molecule has 0 aliphatic carbocycles. The number of nitrogens with zero attached hydrogens (tertiary/aromatic N) is 1. The molecule has 18 heavy (non-hydrogen) atoms. The number of hydrogen-bond acceptors (Lipinski definition) is 3. The van der Waals surface area contributed by atoms with E-state index >= 15 is 0 Å². The zero-order chi connectivity index (χ0) is 13.6. The van der Waals surface area contributed by atoms with E-state index in [4.69, 9.17) is 15.7 Å². The molecule has 0 bridgehead atoms. The van der Waals surface area contributed by atoms with Gasteiger partial charge in [0.1, 0.15) is 0 Å². The predicted octanol–water partition coefficient (Wildman–Crippen LogP) is 1.67. The van der Waals surface area contributed by atoms with Crippen LogP contribution in [-0.2, 0) is 9.31 Å². The topological polar surface area (TPSA) is 31.4 Å². The highest BCUT2D eigenvalue weighted by molar-refractivity contribution is 6.63. The van der Waals surface area contributed by atoms with Crippen molar-refractivity contribution in [2.45, 2.75) is 45.8 Å². The third-order valence-corrected chi connectivity index (χ3v) is 3.83. The van der Waals surface area contributed by atoms with Crippen molar-refractivity contribution in [3.05, 3.63) is 23.5 Å². The van der Waals surface area contributed by atoms with Crippen molar-refractivity contribution < 1.29 is 9.31 Å². The molecule has 0 aromatic carbocycles. The molecule has 0 atom stereocenters. The van der Waals surface area contributed by atoms with Crippen molar-refractivity contribution >= 4 is 12.6 Å². The summed E-state index contributed by atoms with van der Waals surface area (Å²) >= 11 is 0. The van der Waals surface area contributed by atoms with Crippen molar-refractivity contribution in [2.75, 3.05) is 0 Å². The van der Waals surface area contributed by atoms with E-state index in [-0.39, 0.29) is 11.2 Å². The maximum atomic E-state index is 6.03. The van der Waals surface area contributed by atoms with Gasteiger partial charge in [-0.25, -0.2) is 0 Å². The summed E-state index contributed by atoms with van der Waals surface area (Å²) in [6.07, 6.45) is 8.97. The maximum Gasteiger partial charge on any atom is 0.496 e. The number of aryl methyl sites for hydroxylation is 1. The lowest BCUT2D eigenvalue weighted by molar-refractivity contribution is 0.00578. The van der Waals surface area contributed by atoms with Crippen molar-refractivity contribution in [3.8, 4) is 12.3 Å². The van der Waals surface area contributed by atoms with Crippen LogP contribution in [0.3, 0.4) is 0 Å². The van der Waals surface area contributed by atoms with Crippen molar-refractivity contribution in [1.29, 1.82) is 0 Å². The van der Waals surface area contributed by atoms with Gasteiger partial charge >= 0.3 is 7.12 Å². The summed E-state index contributed by atoms with van der Waals surface area (Å²) in [5.74, 6) is 2.65. The quantitative estimate of drug-likeness (QED) is 0.555. The molecule has 3 nitrogen and oxygen atoms in total. The minimum Gasteiger partial charge on any atom is -0.399 e. The van der Waals surface area contributed by atoms with E-state index in [0.717, 1.165) is 16.6 Å². The first kappa shape index (κ1) is 13.1. The highest BCUT2D eigenvalue weighted by Crippen LogP contribution is 2.36. The summed E-state index contributed by atoms with van der Waals surface area (Å²) in [6.45, 7) is 10.1. The van der Waals surface area contributed by atoms with Gasteiger partial charge in [-0.3, -0.25) is 4.98 Å². The Morgan fingerprint density at radius 2 is 1.72 bits per heavy atom. The molecule has 1 aromatic heterocycles. The Morgan fingerprint density at radius 3 is 2.22 bits per heavy atom. The summed E-state index contributed by atoms with van der Waals surface area (Å²) in [5.41, 5.74) is 1.90. The molecule has 0 N–H and O–H groups in total. The highest BCUT2D eigenvalue weighted by Gasteiger charge is 2.52. The fourth-order valence-corrected chi connectivity index (χ4v) is 1.96. The first-order valence-electron chi connectivity index (χ1n) is 6.05.